The van der Waals surface area contributed by atoms with Gasteiger partial charge in [-0.3, -0.25) is 14.3 Å². The molecule has 2 aliphatic rings. The molecule has 2 aromatic rings. The second kappa shape index (κ2) is 7.41. The van der Waals surface area contributed by atoms with Gasteiger partial charge in [-0.05, 0) is 37.8 Å². The summed E-state index contributed by atoms with van der Waals surface area (Å²) in [6.07, 6.45) is 4.58. The van der Waals surface area contributed by atoms with Crippen molar-refractivity contribution in [2.45, 2.75) is 51.6 Å². The predicted molar refractivity (Wildman–Crippen MR) is 107 cm³/mol. The molecule has 1 aromatic heterocycles. The summed E-state index contributed by atoms with van der Waals surface area (Å²) in [5.74, 6) is 0.148. The van der Waals surface area contributed by atoms with Gasteiger partial charge in [-0.15, -0.1) is 0 Å². The lowest BCUT2D eigenvalue weighted by molar-refractivity contribution is -0.142. The first-order chi connectivity index (χ1) is 13.5. The van der Waals surface area contributed by atoms with Crippen molar-refractivity contribution in [3.63, 3.8) is 0 Å². The Morgan fingerprint density at radius 1 is 1.29 bits per heavy atom. The van der Waals surface area contributed by atoms with E-state index >= 15 is 0 Å². The Labute approximate surface area is 165 Å². The fourth-order valence-electron chi connectivity index (χ4n) is 5.01. The molecule has 1 aliphatic carbocycles. The standard InChI is InChI=1S/C22H28N4O2/c1-16-13-18(25(2)24-16)21(28)23-15-22-11-6-9-19(22)26(20(27)10-12-22)14-17-7-4-3-5-8-17/h3-5,7-8,13,19H,6,9-12,14-15H2,1-2H3,(H,23,28). The predicted octanol–water partition coefficient (Wildman–Crippen LogP) is 2.82. The molecule has 6 nitrogen and oxygen atoms in total. The number of aromatic nitrogens is 2. The minimum Gasteiger partial charge on any atom is -0.350 e. The average Bonchev–Trinajstić information content (AvgIpc) is 3.26. The van der Waals surface area contributed by atoms with Crippen molar-refractivity contribution in [1.82, 2.24) is 20.0 Å². The third-order valence-electron chi connectivity index (χ3n) is 6.42. The molecule has 2 atom stereocenters. The van der Waals surface area contributed by atoms with Crippen LogP contribution in [-0.2, 0) is 18.4 Å². The highest BCUT2D eigenvalue weighted by Gasteiger charge is 2.50. The van der Waals surface area contributed by atoms with Crippen LogP contribution in [0.2, 0.25) is 0 Å². The Kier molecular flexibility index (Phi) is 4.96. The number of hydrogen-bond acceptors (Lipinski definition) is 3. The minimum atomic E-state index is -0.0883. The third-order valence-corrected chi connectivity index (χ3v) is 6.42. The van der Waals surface area contributed by atoms with Crippen LogP contribution >= 0.6 is 0 Å². The molecule has 4 rings (SSSR count). The highest BCUT2D eigenvalue weighted by atomic mass is 16.2. The molecule has 2 unspecified atom stereocenters. The van der Waals surface area contributed by atoms with Crippen molar-refractivity contribution in [2.75, 3.05) is 6.54 Å². The molecule has 1 N–H and O–H groups in total. The zero-order valence-corrected chi connectivity index (χ0v) is 16.6. The van der Waals surface area contributed by atoms with E-state index < -0.39 is 0 Å². The first-order valence-corrected chi connectivity index (χ1v) is 10.1. The molecule has 6 heteroatoms. The number of amides is 2. The van der Waals surface area contributed by atoms with Gasteiger partial charge in [0.25, 0.3) is 5.91 Å². The maximum atomic E-state index is 12.7. The van der Waals surface area contributed by atoms with Gasteiger partial charge in [0.15, 0.2) is 0 Å². The normalized spacial score (nSPS) is 24.3. The quantitative estimate of drug-likeness (QED) is 0.867. The molecule has 0 bridgehead atoms. The van der Waals surface area contributed by atoms with Crippen molar-refractivity contribution in [3.8, 4) is 0 Å². The molecule has 28 heavy (non-hydrogen) atoms. The van der Waals surface area contributed by atoms with E-state index in [0.717, 1.165) is 36.9 Å². The average molecular weight is 380 g/mol. The van der Waals surface area contributed by atoms with Crippen molar-refractivity contribution in [2.24, 2.45) is 12.5 Å². The second-order valence-corrected chi connectivity index (χ2v) is 8.25. The van der Waals surface area contributed by atoms with Gasteiger partial charge in [-0.1, -0.05) is 36.8 Å². The van der Waals surface area contributed by atoms with Crippen LogP contribution in [0.5, 0.6) is 0 Å². The van der Waals surface area contributed by atoms with E-state index in [0.29, 0.717) is 25.2 Å². The summed E-state index contributed by atoms with van der Waals surface area (Å²) in [5.41, 5.74) is 2.55. The Bertz CT molecular complexity index is 876. The maximum Gasteiger partial charge on any atom is 0.269 e. The first-order valence-electron chi connectivity index (χ1n) is 10.1. The molecule has 1 saturated heterocycles. The molecule has 2 heterocycles. The van der Waals surface area contributed by atoms with E-state index in [1.165, 1.54) is 0 Å². The van der Waals surface area contributed by atoms with Crippen LogP contribution in [0, 0.1) is 12.3 Å². The molecule has 0 spiro atoms. The number of carbonyl (C=O) groups is 2. The highest BCUT2D eigenvalue weighted by Crippen LogP contribution is 2.48. The molecule has 1 aliphatic heterocycles. The summed E-state index contributed by atoms with van der Waals surface area (Å²) >= 11 is 0. The minimum absolute atomic E-state index is 0.0218. The second-order valence-electron chi connectivity index (χ2n) is 8.25. The molecular weight excluding hydrogens is 352 g/mol. The van der Waals surface area contributed by atoms with E-state index in [1.807, 2.05) is 31.2 Å². The van der Waals surface area contributed by atoms with Crippen LogP contribution in [0.3, 0.4) is 0 Å². The van der Waals surface area contributed by atoms with E-state index in [-0.39, 0.29) is 23.3 Å². The number of likely N-dealkylation sites (tertiary alicyclic amines) is 1. The zero-order chi connectivity index (χ0) is 19.7. The number of nitrogens with one attached hydrogen (secondary N) is 1. The Balaban J connectivity index is 1.50. The number of piperidine rings is 1. The van der Waals surface area contributed by atoms with Gasteiger partial charge in [0.2, 0.25) is 5.91 Å². The van der Waals surface area contributed by atoms with Gasteiger partial charge in [0.1, 0.15) is 5.69 Å². The lowest BCUT2D eigenvalue weighted by atomic mass is 9.74. The number of rotatable bonds is 5. The van der Waals surface area contributed by atoms with Crippen molar-refractivity contribution >= 4 is 11.8 Å². The van der Waals surface area contributed by atoms with E-state index in [2.05, 4.69) is 27.4 Å². The summed E-state index contributed by atoms with van der Waals surface area (Å²) in [6.45, 7) is 3.15. The fourth-order valence-corrected chi connectivity index (χ4v) is 5.01. The Hall–Kier alpha value is -2.63. The van der Waals surface area contributed by atoms with Crippen molar-refractivity contribution < 1.29 is 9.59 Å². The number of carbonyl (C=O) groups excluding carboxylic acids is 2. The van der Waals surface area contributed by atoms with Crippen LogP contribution in [0.25, 0.3) is 0 Å². The molecular formula is C22H28N4O2. The van der Waals surface area contributed by atoms with Crippen LogP contribution in [0.1, 0.15) is 53.8 Å². The molecule has 2 amide bonds. The first kappa shape index (κ1) is 18.7. The van der Waals surface area contributed by atoms with Gasteiger partial charge < -0.3 is 10.2 Å². The zero-order valence-electron chi connectivity index (χ0n) is 16.6. The molecule has 1 aromatic carbocycles. The van der Waals surface area contributed by atoms with E-state index in [9.17, 15) is 9.59 Å². The molecule has 148 valence electrons. The SMILES string of the molecule is Cc1cc(C(=O)NCC23CCCC2N(Cc2ccccc2)C(=O)CC3)n(C)n1. The van der Waals surface area contributed by atoms with Crippen LogP contribution in [-0.4, -0.2) is 39.1 Å². The number of nitrogens with zero attached hydrogens (tertiary/aromatic N) is 3. The van der Waals surface area contributed by atoms with E-state index in [1.54, 1.807) is 11.7 Å². The molecule has 1 saturated carbocycles. The third kappa shape index (κ3) is 3.43. The largest absolute Gasteiger partial charge is 0.350 e. The van der Waals surface area contributed by atoms with Crippen LogP contribution in [0.4, 0.5) is 0 Å². The number of fused-ring (bicyclic) bond motifs is 1. The lowest BCUT2D eigenvalue weighted by Crippen LogP contribution is -2.55. The Morgan fingerprint density at radius 2 is 2.07 bits per heavy atom. The summed E-state index contributed by atoms with van der Waals surface area (Å²) in [4.78, 5) is 27.5. The fraction of sp³-hybridized carbons (Fsp3) is 0.500. The van der Waals surface area contributed by atoms with Gasteiger partial charge in [-0.2, -0.15) is 5.10 Å². The van der Waals surface area contributed by atoms with Gasteiger partial charge in [-0.25, -0.2) is 0 Å². The summed E-state index contributed by atoms with van der Waals surface area (Å²) in [6, 6.07) is 12.2. The maximum absolute atomic E-state index is 12.7. The van der Waals surface area contributed by atoms with Gasteiger partial charge in [0.05, 0.1) is 5.69 Å². The molecule has 0 radical (unpaired) electrons. The van der Waals surface area contributed by atoms with Gasteiger partial charge >= 0.3 is 0 Å². The summed E-state index contributed by atoms with van der Waals surface area (Å²) < 4.78 is 1.63. The lowest BCUT2D eigenvalue weighted by Gasteiger charge is -2.46. The monoisotopic (exact) mass is 380 g/mol. The van der Waals surface area contributed by atoms with Crippen molar-refractivity contribution in [3.05, 3.63) is 53.3 Å². The highest BCUT2D eigenvalue weighted by molar-refractivity contribution is 5.92. The van der Waals surface area contributed by atoms with Gasteiger partial charge in [0, 0.05) is 38.0 Å². The molecule has 2 fully saturated rings. The Morgan fingerprint density at radius 3 is 2.79 bits per heavy atom. The van der Waals surface area contributed by atoms with E-state index in [4.69, 9.17) is 0 Å². The summed E-state index contributed by atoms with van der Waals surface area (Å²) in [7, 11) is 1.79. The number of hydrogen-bond donors (Lipinski definition) is 1. The number of benzene rings is 1. The topological polar surface area (TPSA) is 67.2 Å². The van der Waals surface area contributed by atoms with Crippen LogP contribution in [0.15, 0.2) is 36.4 Å². The summed E-state index contributed by atoms with van der Waals surface area (Å²) in [5, 5.41) is 7.41. The van der Waals surface area contributed by atoms with Crippen LogP contribution < -0.4 is 5.32 Å². The number of aryl methyl sites for hydroxylation is 2. The smallest absolute Gasteiger partial charge is 0.269 e. The van der Waals surface area contributed by atoms with Crippen molar-refractivity contribution in [1.29, 1.82) is 0 Å².